The Hall–Kier alpha value is -1.36. The van der Waals surface area contributed by atoms with Gasteiger partial charge in [0.2, 0.25) is 10.0 Å². The highest BCUT2D eigenvalue weighted by Crippen LogP contribution is 2.06. The van der Waals surface area contributed by atoms with Crippen LogP contribution >= 0.6 is 0 Å². The van der Waals surface area contributed by atoms with E-state index >= 15 is 0 Å². The predicted octanol–water partition coefficient (Wildman–Crippen LogP) is 6.64. The van der Waals surface area contributed by atoms with Crippen molar-refractivity contribution in [1.29, 1.82) is 0 Å². The molecule has 0 fully saturated rings. The van der Waals surface area contributed by atoms with E-state index in [0.29, 0.717) is 5.56 Å². The molecule has 0 saturated heterocycles. The highest BCUT2D eigenvalue weighted by Gasteiger charge is 2.10. The minimum Gasteiger partial charge on any atom is -0.268 e. The molecule has 0 bridgehead atoms. The molecular formula is C23H43NO3S. The van der Waals surface area contributed by atoms with Crippen molar-refractivity contribution in [3.63, 3.8) is 0 Å². The Labute approximate surface area is 174 Å². The zero-order valence-electron chi connectivity index (χ0n) is 19.0. The topological polar surface area (TPSA) is 63.2 Å². The highest BCUT2D eigenvalue weighted by molar-refractivity contribution is 7.89. The Morgan fingerprint density at radius 1 is 0.821 bits per heavy atom. The molecule has 0 atom stereocenters. The van der Waals surface area contributed by atoms with E-state index in [1.165, 1.54) is 64.2 Å². The summed E-state index contributed by atoms with van der Waals surface area (Å²) in [5.41, 5.74) is 1.25. The lowest BCUT2D eigenvalue weighted by molar-refractivity contribution is 0.0981. The van der Waals surface area contributed by atoms with Gasteiger partial charge in [0.25, 0.3) is 5.91 Å². The number of unbranched alkanes of at least 4 members (excludes halogenated alkanes) is 8. The normalized spacial score (nSPS) is 10.2. The number of carbonyl (C=O) groups is 1. The Bertz CT molecular complexity index is 590. The molecule has 0 radical (unpaired) electrons. The van der Waals surface area contributed by atoms with Crippen molar-refractivity contribution in [2.75, 3.05) is 6.26 Å². The van der Waals surface area contributed by atoms with Crippen LogP contribution < -0.4 is 4.72 Å². The monoisotopic (exact) mass is 413 g/mol. The minimum atomic E-state index is -3.48. The summed E-state index contributed by atoms with van der Waals surface area (Å²) in [5.74, 6) is -0.601. The maximum atomic E-state index is 11.3. The SMILES string of the molecule is CCCCC.CCCCCCCCC.Cc1cccc(C(=O)NS(C)(=O)=O)c1. The smallest absolute Gasteiger partial charge is 0.264 e. The van der Waals surface area contributed by atoms with Crippen LogP contribution in [0.1, 0.15) is 108 Å². The molecule has 1 N–H and O–H groups in total. The van der Waals surface area contributed by atoms with Gasteiger partial charge in [-0.15, -0.1) is 0 Å². The van der Waals surface area contributed by atoms with Crippen LogP contribution in [0.25, 0.3) is 0 Å². The first kappa shape index (κ1) is 28.8. The van der Waals surface area contributed by atoms with Gasteiger partial charge in [0.05, 0.1) is 6.26 Å². The van der Waals surface area contributed by atoms with Gasteiger partial charge in [-0.1, -0.05) is 110 Å². The van der Waals surface area contributed by atoms with Crippen molar-refractivity contribution in [3.8, 4) is 0 Å². The summed E-state index contributed by atoms with van der Waals surface area (Å²) in [6.45, 7) is 10.8. The molecular weight excluding hydrogens is 370 g/mol. The maximum Gasteiger partial charge on any atom is 0.264 e. The Balaban J connectivity index is 0. The molecule has 0 heterocycles. The van der Waals surface area contributed by atoms with Crippen LogP contribution in [0.15, 0.2) is 24.3 Å². The van der Waals surface area contributed by atoms with Gasteiger partial charge < -0.3 is 0 Å². The fourth-order valence-corrected chi connectivity index (χ4v) is 2.85. The number of hydrogen-bond acceptors (Lipinski definition) is 3. The minimum absolute atomic E-state index is 0.343. The molecule has 0 unspecified atom stereocenters. The molecule has 1 rings (SSSR count). The van der Waals surface area contributed by atoms with E-state index in [-0.39, 0.29) is 0 Å². The summed E-state index contributed by atoms with van der Waals surface area (Å²) in [5, 5.41) is 0. The van der Waals surface area contributed by atoms with E-state index in [1.807, 2.05) is 17.7 Å². The zero-order valence-corrected chi connectivity index (χ0v) is 19.8. The largest absolute Gasteiger partial charge is 0.268 e. The average Bonchev–Trinajstić information content (AvgIpc) is 2.62. The molecule has 0 saturated carbocycles. The number of benzene rings is 1. The molecule has 28 heavy (non-hydrogen) atoms. The van der Waals surface area contributed by atoms with Gasteiger partial charge >= 0.3 is 0 Å². The summed E-state index contributed by atoms with van der Waals surface area (Å²) in [4.78, 5) is 11.3. The summed E-state index contributed by atoms with van der Waals surface area (Å²) in [6, 6.07) is 6.72. The number of amides is 1. The number of hydrogen-bond donors (Lipinski definition) is 1. The summed E-state index contributed by atoms with van der Waals surface area (Å²) in [6.07, 6.45) is 15.0. The van der Waals surface area contributed by atoms with E-state index < -0.39 is 15.9 Å². The number of rotatable bonds is 10. The van der Waals surface area contributed by atoms with Crippen LogP contribution in [0, 0.1) is 6.92 Å². The Morgan fingerprint density at radius 3 is 1.64 bits per heavy atom. The number of carbonyl (C=O) groups excluding carboxylic acids is 1. The quantitative estimate of drug-likeness (QED) is 0.437. The molecule has 0 aliphatic rings. The first-order valence-electron chi connectivity index (χ1n) is 10.8. The van der Waals surface area contributed by atoms with Gasteiger partial charge in [-0.2, -0.15) is 0 Å². The van der Waals surface area contributed by atoms with Gasteiger partial charge in [-0.05, 0) is 19.1 Å². The van der Waals surface area contributed by atoms with Crippen molar-refractivity contribution in [2.45, 2.75) is 98.8 Å². The fraction of sp³-hybridized carbons (Fsp3) is 0.696. The second-order valence-corrected chi connectivity index (χ2v) is 8.94. The van der Waals surface area contributed by atoms with Gasteiger partial charge in [0, 0.05) is 5.56 Å². The average molecular weight is 414 g/mol. The first-order valence-corrected chi connectivity index (χ1v) is 12.7. The number of nitrogens with one attached hydrogen (secondary N) is 1. The van der Waals surface area contributed by atoms with E-state index in [0.717, 1.165) is 11.8 Å². The molecule has 164 valence electrons. The summed E-state index contributed by atoms with van der Waals surface area (Å²) >= 11 is 0. The lowest BCUT2D eigenvalue weighted by atomic mass is 10.1. The number of sulfonamides is 1. The molecule has 1 aromatic carbocycles. The predicted molar refractivity (Wildman–Crippen MR) is 122 cm³/mol. The van der Waals surface area contributed by atoms with Crippen molar-refractivity contribution in [3.05, 3.63) is 35.4 Å². The van der Waals surface area contributed by atoms with Crippen LogP contribution in [-0.2, 0) is 10.0 Å². The van der Waals surface area contributed by atoms with Crippen molar-refractivity contribution in [2.24, 2.45) is 0 Å². The summed E-state index contributed by atoms with van der Waals surface area (Å²) < 4.78 is 23.4. The maximum absolute atomic E-state index is 11.3. The van der Waals surface area contributed by atoms with Crippen LogP contribution in [0.2, 0.25) is 0 Å². The van der Waals surface area contributed by atoms with Crippen LogP contribution in [0.4, 0.5) is 0 Å². The zero-order chi connectivity index (χ0) is 21.8. The molecule has 0 aromatic heterocycles. The Kier molecular flexibility index (Phi) is 19.6. The van der Waals surface area contributed by atoms with E-state index in [1.54, 1.807) is 18.2 Å². The van der Waals surface area contributed by atoms with Crippen molar-refractivity contribution >= 4 is 15.9 Å². The molecule has 1 aromatic rings. The van der Waals surface area contributed by atoms with Gasteiger partial charge in [-0.25, -0.2) is 13.1 Å². The van der Waals surface area contributed by atoms with Gasteiger partial charge in [-0.3, -0.25) is 4.79 Å². The molecule has 4 nitrogen and oxygen atoms in total. The van der Waals surface area contributed by atoms with Crippen LogP contribution in [-0.4, -0.2) is 20.6 Å². The van der Waals surface area contributed by atoms with Gasteiger partial charge in [0.15, 0.2) is 0 Å². The van der Waals surface area contributed by atoms with E-state index in [9.17, 15) is 13.2 Å². The second-order valence-electron chi connectivity index (χ2n) is 7.19. The summed E-state index contributed by atoms with van der Waals surface area (Å²) in [7, 11) is -3.48. The first-order chi connectivity index (χ1) is 13.2. The van der Waals surface area contributed by atoms with E-state index in [4.69, 9.17) is 0 Å². The third kappa shape index (κ3) is 20.9. The Morgan fingerprint density at radius 2 is 1.29 bits per heavy atom. The van der Waals surface area contributed by atoms with Crippen molar-refractivity contribution < 1.29 is 13.2 Å². The molecule has 0 aliphatic heterocycles. The highest BCUT2D eigenvalue weighted by atomic mass is 32.2. The van der Waals surface area contributed by atoms with Gasteiger partial charge in [0.1, 0.15) is 0 Å². The van der Waals surface area contributed by atoms with E-state index in [2.05, 4.69) is 27.7 Å². The third-order valence-electron chi connectivity index (χ3n) is 3.97. The van der Waals surface area contributed by atoms with Crippen LogP contribution in [0.5, 0.6) is 0 Å². The lowest BCUT2D eigenvalue weighted by Gasteiger charge is -2.02. The fourth-order valence-electron chi connectivity index (χ4n) is 2.40. The van der Waals surface area contributed by atoms with Crippen molar-refractivity contribution in [1.82, 2.24) is 4.72 Å². The van der Waals surface area contributed by atoms with Crippen LogP contribution in [0.3, 0.4) is 0 Å². The third-order valence-corrected chi connectivity index (χ3v) is 4.53. The second kappa shape index (κ2) is 19.0. The molecule has 1 amide bonds. The molecule has 0 spiro atoms. The lowest BCUT2D eigenvalue weighted by Crippen LogP contribution is -2.29. The number of aryl methyl sites for hydroxylation is 1. The molecule has 0 aliphatic carbocycles. The molecule has 5 heteroatoms. The standard InChI is InChI=1S/C9H11NO3S.C9H20.C5H12/c1-7-4-3-5-8(6-7)9(11)10-14(2,12)13;1-3-5-7-9-8-6-4-2;1-3-5-4-2/h3-6H,1-2H3,(H,10,11);3-9H2,1-2H3;3-5H2,1-2H3.